The summed E-state index contributed by atoms with van der Waals surface area (Å²) in [6.45, 7) is -0.389. The van der Waals surface area contributed by atoms with Crippen LogP contribution in [0.2, 0.25) is 0 Å². The van der Waals surface area contributed by atoms with Crippen molar-refractivity contribution in [3.8, 4) is 0 Å². The zero-order chi connectivity index (χ0) is 16.3. The molecule has 1 heterocycles. The molecule has 1 aromatic heterocycles. The molecule has 0 aliphatic rings. The molecule has 22 heavy (non-hydrogen) atoms. The molecule has 0 saturated carbocycles. The quantitative estimate of drug-likeness (QED) is 0.847. The number of nitrogens with zero attached hydrogens (tertiary/aromatic N) is 4. The van der Waals surface area contributed by atoms with Gasteiger partial charge in [-0.25, -0.2) is 13.6 Å². The highest BCUT2D eigenvalue weighted by Crippen LogP contribution is 2.14. The van der Waals surface area contributed by atoms with Crippen LogP contribution in [0, 0.1) is 11.6 Å². The molecule has 0 aliphatic heterocycles. The summed E-state index contributed by atoms with van der Waals surface area (Å²) in [6, 6.07) is 3.08. The topological polar surface area (TPSA) is 94.2 Å². The highest BCUT2D eigenvalue weighted by Gasteiger charge is 2.19. The van der Waals surface area contributed by atoms with E-state index in [4.69, 9.17) is 10.5 Å². The summed E-state index contributed by atoms with van der Waals surface area (Å²) < 4.78 is 31.7. The largest absolute Gasteiger partial charge is 0.454 e. The molecule has 7 nitrogen and oxygen atoms in total. The monoisotopic (exact) mass is 309 g/mol. The Morgan fingerprint density at radius 3 is 2.45 bits per heavy atom. The Bertz CT molecular complexity index is 689. The molecule has 1 aromatic carbocycles. The van der Waals surface area contributed by atoms with Crippen molar-refractivity contribution in [3.05, 3.63) is 41.2 Å². The van der Waals surface area contributed by atoms with E-state index in [1.54, 1.807) is 19.0 Å². The second kappa shape index (κ2) is 6.29. The molecule has 2 rings (SSSR count). The van der Waals surface area contributed by atoms with E-state index in [2.05, 4.69) is 15.0 Å². The minimum atomic E-state index is -1.15. The fourth-order valence-electron chi connectivity index (χ4n) is 1.58. The van der Waals surface area contributed by atoms with Crippen LogP contribution in [0.3, 0.4) is 0 Å². The van der Waals surface area contributed by atoms with Crippen LogP contribution in [-0.2, 0) is 11.3 Å². The first-order chi connectivity index (χ1) is 10.4. The van der Waals surface area contributed by atoms with Gasteiger partial charge >= 0.3 is 5.97 Å². The molecule has 0 unspecified atom stereocenters. The van der Waals surface area contributed by atoms with E-state index in [1.807, 2.05) is 0 Å². The van der Waals surface area contributed by atoms with E-state index in [0.29, 0.717) is 0 Å². The molecule has 0 fully saturated rings. The number of carbonyl (C=O) groups is 1. The maximum absolute atomic E-state index is 13.5. The number of aromatic nitrogens is 3. The van der Waals surface area contributed by atoms with Crippen molar-refractivity contribution < 1.29 is 18.3 Å². The Morgan fingerprint density at radius 1 is 1.23 bits per heavy atom. The Balaban J connectivity index is 2.15. The van der Waals surface area contributed by atoms with Crippen LogP contribution in [0.15, 0.2) is 18.2 Å². The molecule has 0 radical (unpaired) electrons. The molecule has 2 N–H and O–H groups in total. The first kappa shape index (κ1) is 15.5. The maximum Gasteiger partial charge on any atom is 0.344 e. The van der Waals surface area contributed by atoms with Gasteiger partial charge in [-0.05, 0) is 12.1 Å². The number of halogens is 2. The molecular formula is C13H13F2N5O2. The van der Waals surface area contributed by atoms with Crippen molar-refractivity contribution in [2.24, 2.45) is 0 Å². The zero-order valence-corrected chi connectivity index (χ0v) is 11.9. The molecule has 0 aliphatic carbocycles. The Kier molecular flexibility index (Phi) is 4.44. The summed E-state index contributed by atoms with van der Waals surface area (Å²) in [5, 5.41) is 0. The van der Waals surface area contributed by atoms with Crippen molar-refractivity contribution in [2.45, 2.75) is 6.61 Å². The van der Waals surface area contributed by atoms with E-state index in [1.165, 1.54) is 0 Å². The fraction of sp³-hybridized carbons (Fsp3) is 0.231. The van der Waals surface area contributed by atoms with Gasteiger partial charge in [0.15, 0.2) is 12.4 Å². The van der Waals surface area contributed by atoms with Crippen LogP contribution in [-0.4, -0.2) is 35.0 Å². The summed E-state index contributed by atoms with van der Waals surface area (Å²) in [4.78, 5) is 25.0. The number of esters is 1. The van der Waals surface area contributed by atoms with Gasteiger partial charge in [-0.1, -0.05) is 6.07 Å². The fourth-order valence-corrected chi connectivity index (χ4v) is 1.58. The van der Waals surface area contributed by atoms with Crippen molar-refractivity contribution >= 4 is 17.9 Å². The third-order valence-electron chi connectivity index (χ3n) is 2.59. The van der Waals surface area contributed by atoms with Gasteiger partial charge in [-0.3, -0.25) is 0 Å². The third kappa shape index (κ3) is 3.43. The van der Waals surface area contributed by atoms with Gasteiger partial charge in [0.2, 0.25) is 11.9 Å². The SMILES string of the molecule is CN(C)c1nc(N)nc(COC(=O)c2c(F)cccc2F)n1. The van der Waals surface area contributed by atoms with E-state index in [0.717, 1.165) is 18.2 Å². The third-order valence-corrected chi connectivity index (χ3v) is 2.59. The highest BCUT2D eigenvalue weighted by atomic mass is 19.1. The second-order valence-electron chi connectivity index (χ2n) is 4.48. The number of hydrogen-bond acceptors (Lipinski definition) is 7. The Morgan fingerprint density at radius 2 is 1.86 bits per heavy atom. The van der Waals surface area contributed by atoms with Gasteiger partial charge < -0.3 is 15.4 Å². The summed E-state index contributed by atoms with van der Waals surface area (Å²) >= 11 is 0. The maximum atomic E-state index is 13.5. The second-order valence-corrected chi connectivity index (χ2v) is 4.48. The average molecular weight is 309 g/mol. The van der Waals surface area contributed by atoms with E-state index < -0.39 is 23.2 Å². The number of rotatable bonds is 4. The van der Waals surface area contributed by atoms with E-state index in [-0.39, 0.29) is 24.3 Å². The van der Waals surface area contributed by atoms with Crippen molar-refractivity contribution in [3.63, 3.8) is 0 Å². The summed E-state index contributed by atoms with van der Waals surface area (Å²) in [5.41, 5.74) is 4.75. The van der Waals surface area contributed by atoms with Crippen LogP contribution in [0.5, 0.6) is 0 Å². The molecule has 0 atom stereocenters. The summed E-state index contributed by atoms with van der Waals surface area (Å²) in [7, 11) is 3.39. The number of ether oxygens (including phenoxy) is 1. The smallest absolute Gasteiger partial charge is 0.344 e. The molecular weight excluding hydrogens is 296 g/mol. The molecule has 2 aromatic rings. The van der Waals surface area contributed by atoms with Gasteiger partial charge in [0.05, 0.1) is 0 Å². The number of benzene rings is 1. The first-order valence-corrected chi connectivity index (χ1v) is 6.17. The highest BCUT2D eigenvalue weighted by molar-refractivity contribution is 5.89. The van der Waals surface area contributed by atoms with Gasteiger partial charge in [-0.15, -0.1) is 0 Å². The standard InChI is InChI=1S/C13H13F2N5O2/c1-20(2)13-18-9(17-12(16)19-13)6-22-11(21)10-7(14)4-3-5-8(10)15/h3-5H,6H2,1-2H3,(H2,16,17,18,19). The molecule has 0 saturated heterocycles. The van der Waals surface area contributed by atoms with Crippen molar-refractivity contribution in [1.82, 2.24) is 15.0 Å². The van der Waals surface area contributed by atoms with Crippen LogP contribution < -0.4 is 10.6 Å². The lowest BCUT2D eigenvalue weighted by atomic mass is 10.2. The van der Waals surface area contributed by atoms with Gasteiger partial charge in [0, 0.05) is 14.1 Å². The van der Waals surface area contributed by atoms with Crippen molar-refractivity contribution in [2.75, 3.05) is 24.7 Å². The lowest BCUT2D eigenvalue weighted by Crippen LogP contribution is -2.17. The number of anilines is 2. The molecule has 0 spiro atoms. The predicted octanol–water partition coefficient (Wildman–Crippen LogP) is 1.16. The van der Waals surface area contributed by atoms with Crippen LogP contribution in [0.4, 0.5) is 20.7 Å². The van der Waals surface area contributed by atoms with Crippen LogP contribution in [0.1, 0.15) is 16.2 Å². The normalized spacial score (nSPS) is 10.4. The number of nitrogen functional groups attached to an aromatic ring is 1. The zero-order valence-electron chi connectivity index (χ0n) is 11.9. The van der Waals surface area contributed by atoms with Gasteiger partial charge in [0.1, 0.15) is 17.2 Å². The summed E-state index contributed by atoms with van der Waals surface area (Å²) in [6.07, 6.45) is 0. The number of nitrogens with two attached hydrogens (primary N) is 1. The minimum Gasteiger partial charge on any atom is -0.454 e. The van der Waals surface area contributed by atoms with E-state index >= 15 is 0 Å². The number of carbonyl (C=O) groups excluding carboxylic acids is 1. The summed E-state index contributed by atoms with van der Waals surface area (Å²) in [5.74, 6) is -2.87. The van der Waals surface area contributed by atoms with Crippen LogP contribution in [0.25, 0.3) is 0 Å². The minimum absolute atomic E-state index is 0.0539. The predicted molar refractivity (Wildman–Crippen MR) is 74.0 cm³/mol. The lowest BCUT2D eigenvalue weighted by Gasteiger charge is -2.11. The van der Waals surface area contributed by atoms with Gasteiger partial charge in [-0.2, -0.15) is 15.0 Å². The van der Waals surface area contributed by atoms with Crippen molar-refractivity contribution in [1.29, 1.82) is 0 Å². The molecule has 0 amide bonds. The Labute approximate surface area is 124 Å². The van der Waals surface area contributed by atoms with Gasteiger partial charge in [0.25, 0.3) is 0 Å². The Hall–Kier alpha value is -2.84. The number of hydrogen-bond donors (Lipinski definition) is 1. The molecule has 116 valence electrons. The van der Waals surface area contributed by atoms with E-state index in [9.17, 15) is 13.6 Å². The molecule has 9 heteroatoms. The lowest BCUT2D eigenvalue weighted by molar-refractivity contribution is 0.0451. The first-order valence-electron chi connectivity index (χ1n) is 6.17. The van der Waals surface area contributed by atoms with Crippen LogP contribution >= 0.6 is 0 Å². The molecule has 0 bridgehead atoms. The average Bonchev–Trinajstić information content (AvgIpc) is 2.44.